The van der Waals surface area contributed by atoms with Crippen molar-refractivity contribution >= 4 is 33.6 Å². The Kier molecular flexibility index (Phi) is 5.43. The minimum atomic E-state index is -1.22. The molecule has 5 rings (SSSR count). The van der Waals surface area contributed by atoms with Crippen LogP contribution in [-0.2, 0) is 4.74 Å². The van der Waals surface area contributed by atoms with Gasteiger partial charge in [-0.25, -0.2) is 14.2 Å². The van der Waals surface area contributed by atoms with Crippen LogP contribution in [0.5, 0.6) is 0 Å². The zero-order valence-corrected chi connectivity index (χ0v) is 19.9. The van der Waals surface area contributed by atoms with Crippen LogP contribution in [0.4, 0.5) is 15.1 Å². The summed E-state index contributed by atoms with van der Waals surface area (Å²) in [5.74, 6) is 0.371. The van der Waals surface area contributed by atoms with Crippen molar-refractivity contribution in [2.24, 2.45) is 0 Å². The molecule has 0 aliphatic carbocycles. The highest BCUT2D eigenvalue weighted by atomic mass is 32.1. The molecule has 0 N–H and O–H groups in total. The van der Waals surface area contributed by atoms with Gasteiger partial charge in [-0.05, 0) is 58.2 Å². The Morgan fingerprint density at radius 2 is 2.09 bits per heavy atom. The van der Waals surface area contributed by atoms with Gasteiger partial charge < -0.3 is 9.64 Å². The summed E-state index contributed by atoms with van der Waals surface area (Å²) in [7, 11) is 1.79. The number of alkyl halides is 1. The van der Waals surface area contributed by atoms with E-state index in [1.807, 2.05) is 39.0 Å². The van der Waals surface area contributed by atoms with Gasteiger partial charge in [-0.15, -0.1) is 21.5 Å². The molecule has 3 aromatic rings. The fraction of sp³-hybridized carbons (Fsp3) is 0.522. The van der Waals surface area contributed by atoms with Gasteiger partial charge in [0.1, 0.15) is 17.5 Å². The SMILES string of the molecule is CN(c1ncc(-c2cc3ncccc3s2)nn1)[C@H]1C[C@@H]2CC[C@H]([C@H]1F)N2C(=O)OC(C)(C)C. The minimum Gasteiger partial charge on any atom is -0.444 e. The fourth-order valence-electron chi connectivity index (χ4n) is 4.78. The number of hydrogen-bond acceptors (Lipinski definition) is 8. The normalized spacial score (nSPS) is 24.8. The highest BCUT2D eigenvalue weighted by Crippen LogP contribution is 2.40. The van der Waals surface area contributed by atoms with Gasteiger partial charge in [0, 0.05) is 19.3 Å². The van der Waals surface area contributed by atoms with Crippen LogP contribution in [0.15, 0.2) is 30.6 Å². The number of aromatic nitrogens is 4. The van der Waals surface area contributed by atoms with Crippen LogP contribution >= 0.6 is 11.3 Å². The Hall–Kier alpha value is -2.88. The number of carbonyl (C=O) groups is 1. The van der Waals surface area contributed by atoms with E-state index in [2.05, 4.69) is 20.2 Å². The van der Waals surface area contributed by atoms with Gasteiger partial charge in [-0.2, -0.15) is 0 Å². The molecule has 0 unspecified atom stereocenters. The Labute approximate surface area is 195 Å². The smallest absolute Gasteiger partial charge is 0.410 e. The predicted molar refractivity (Wildman–Crippen MR) is 125 cm³/mol. The van der Waals surface area contributed by atoms with E-state index in [-0.39, 0.29) is 6.04 Å². The number of rotatable bonds is 3. The summed E-state index contributed by atoms with van der Waals surface area (Å²) in [5.41, 5.74) is 0.960. The lowest BCUT2D eigenvalue weighted by atomic mass is 9.94. The number of fused-ring (bicyclic) bond motifs is 3. The Bertz CT molecular complexity index is 1130. The Balaban J connectivity index is 1.32. The van der Waals surface area contributed by atoms with Gasteiger partial charge in [-0.3, -0.25) is 9.88 Å². The summed E-state index contributed by atoms with van der Waals surface area (Å²) in [6, 6.07) is 4.91. The lowest BCUT2D eigenvalue weighted by Gasteiger charge is -2.44. The van der Waals surface area contributed by atoms with E-state index in [1.165, 1.54) is 0 Å². The first-order valence-corrected chi connectivity index (χ1v) is 12.0. The van der Waals surface area contributed by atoms with Crippen molar-refractivity contribution in [1.29, 1.82) is 0 Å². The first kappa shape index (κ1) is 21.9. The van der Waals surface area contributed by atoms with Crippen molar-refractivity contribution in [2.75, 3.05) is 11.9 Å². The lowest BCUT2D eigenvalue weighted by Crippen LogP contribution is -2.59. The number of halogens is 1. The van der Waals surface area contributed by atoms with Crippen LogP contribution in [-0.4, -0.2) is 68.1 Å². The molecule has 4 atom stereocenters. The van der Waals surface area contributed by atoms with E-state index in [4.69, 9.17) is 4.74 Å². The van der Waals surface area contributed by atoms with E-state index in [1.54, 1.807) is 40.6 Å². The van der Waals surface area contributed by atoms with E-state index in [0.717, 1.165) is 21.5 Å². The van der Waals surface area contributed by atoms with Gasteiger partial charge in [0.25, 0.3) is 0 Å². The molecule has 8 nitrogen and oxygen atoms in total. The third-order valence-corrected chi connectivity index (χ3v) is 7.41. The number of amides is 1. The van der Waals surface area contributed by atoms with Gasteiger partial charge in [-0.1, -0.05) is 0 Å². The topological polar surface area (TPSA) is 84.3 Å². The van der Waals surface area contributed by atoms with Crippen LogP contribution in [0.3, 0.4) is 0 Å². The molecular weight excluding hydrogens is 443 g/mol. The first-order chi connectivity index (χ1) is 15.7. The maximum absolute atomic E-state index is 15.6. The summed E-state index contributed by atoms with van der Waals surface area (Å²) >= 11 is 1.58. The average Bonchev–Trinajstić information content (AvgIpc) is 3.36. The molecule has 3 aromatic heterocycles. The minimum absolute atomic E-state index is 0.0532. The van der Waals surface area contributed by atoms with Crippen LogP contribution in [0.2, 0.25) is 0 Å². The molecule has 5 heterocycles. The number of ether oxygens (including phenoxy) is 1. The molecule has 0 spiro atoms. The first-order valence-electron chi connectivity index (χ1n) is 11.1. The second-order valence-electron chi connectivity index (χ2n) is 9.69. The molecule has 174 valence electrons. The van der Waals surface area contributed by atoms with E-state index in [0.29, 0.717) is 24.5 Å². The average molecular weight is 471 g/mol. The summed E-state index contributed by atoms with van der Waals surface area (Å²) in [6.07, 6.45) is 3.68. The molecule has 2 bridgehead atoms. The van der Waals surface area contributed by atoms with Crippen LogP contribution in [0.1, 0.15) is 40.0 Å². The van der Waals surface area contributed by atoms with Gasteiger partial charge in [0.15, 0.2) is 0 Å². The molecule has 1 amide bonds. The number of carbonyl (C=O) groups excluding carboxylic acids is 1. The monoisotopic (exact) mass is 470 g/mol. The molecule has 0 aromatic carbocycles. The highest BCUT2D eigenvalue weighted by Gasteiger charge is 2.52. The number of nitrogens with zero attached hydrogens (tertiary/aromatic N) is 6. The standard InChI is InChI=1S/C23H27FN6O2S/c1-23(2,3)32-22(31)30-13-7-8-16(30)20(24)17(10-13)29(4)21-26-12-15(27-28-21)19-11-14-18(33-19)6-5-9-25-14/h5-6,9,11-13,16-17,20H,7-8,10H2,1-4H3/t13-,16+,17-,20+/m0/s1. The maximum Gasteiger partial charge on any atom is 0.410 e. The van der Waals surface area contributed by atoms with Gasteiger partial charge in [0.2, 0.25) is 5.95 Å². The van der Waals surface area contributed by atoms with Crippen molar-refractivity contribution in [3.8, 4) is 10.6 Å². The zero-order chi connectivity index (χ0) is 23.3. The van der Waals surface area contributed by atoms with Crippen molar-refractivity contribution in [2.45, 2.75) is 69.9 Å². The number of thiophene rings is 1. The zero-order valence-electron chi connectivity index (χ0n) is 19.1. The van der Waals surface area contributed by atoms with Gasteiger partial charge in [0.05, 0.1) is 33.4 Å². The van der Waals surface area contributed by atoms with Crippen LogP contribution in [0, 0.1) is 0 Å². The number of piperidine rings is 1. The molecule has 2 fully saturated rings. The molecule has 2 aliphatic rings. The molecule has 0 radical (unpaired) electrons. The predicted octanol–water partition coefficient (Wildman–Crippen LogP) is 4.46. The largest absolute Gasteiger partial charge is 0.444 e. The molecule has 0 saturated carbocycles. The number of hydrogen-bond donors (Lipinski definition) is 0. The second kappa shape index (κ2) is 8.16. The van der Waals surface area contributed by atoms with Crippen molar-refractivity contribution in [3.05, 3.63) is 30.6 Å². The molecule has 10 heteroatoms. The summed E-state index contributed by atoms with van der Waals surface area (Å²) in [5, 5.41) is 8.63. The quantitative estimate of drug-likeness (QED) is 0.559. The Morgan fingerprint density at radius 1 is 1.27 bits per heavy atom. The highest BCUT2D eigenvalue weighted by molar-refractivity contribution is 7.22. The summed E-state index contributed by atoms with van der Waals surface area (Å²) in [6.45, 7) is 5.47. The second-order valence-corrected chi connectivity index (χ2v) is 10.8. The Morgan fingerprint density at radius 3 is 2.79 bits per heavy atom. The summed E-state index contributed by atoms with van der Waals surface area (Å²) < 4.78 is 22.2. The fourth-order valence-corrected chi connectivity index (χ4v) is 5.75. The van der Waals surface area contributed by atoms with E-state index in [9.17, 15) is 4.79 Å². The van der Waals surface area contributed by atoms with E-state index >= 15 is 4.39 Å². The third kappa shape index (κ3) is 4.12. The summed E-state index contributed by atoms with van der Waals surface area (Å²) in [4.78, 5) is 25.8. The van der Waals surface area contributed by atoms with Crippen LogP contribution in [0.25, 0.3) is 20.8 Å². The molecule has 2 saturated heterocycles. The van der Waals surface area contributed by atoms with Crippen molar-refractivity contribution < 1.29 is 13.9 Å². The van der Waals surface area contributed by atoms with Crippen molar-refractivity contribution in [3.63, 3.8) is 0 Å². The number of pyridine rings is 1. The molecular formula is C23H27FN6O2S. The number of anilines is 1. The van der Waals surface area contributed by atoms with Crippen LogP contribution < -0.4 is 4.90 Å². The molecule has 2 aliphatic heterocycles. The van der Waals surface area contributed by atoms with Crippen molar-refractivity contribution in [1.82, 2.24) is 25.1 Å². The lowest BCUT2D eigenvalue weighted by molar-refractivity contribution is -0.0104. The molecule has 33 heavy (non-hydrogen) atoms. The van der Waals surface area contributed by atoms with Gasteiger partial charge >= 0.3 is 6.09 Å². The van der Waals surface area contributed by atoms with E-state index < -0.39 is 29.9 Å². The third-order valence-electron chi connectivity index (χ3n) is 6.30. The maximum atomic E-state index is 15.6.